The summed E-state index contributed by atoms with van der Waals surface area (Å²) in [5, 5.41) is 15.1. The maximum Gasteiger partial charge on any atom is 0.408 e. The van der Waals surface area contributed by atoms with Gasteiger partial charge in [0.15, 0.2) is 0 Å². The molecule has 0 bridgehead atoms. The van der Waals surface area contributed by atoms with Crippen molar-refractivity contribution in [2.45, 2.75) is 91.6 Å². The molecular formula is C23H37N3O5. The van der Waals surface area contributed by atoms with Crippen molar-refractivity contribution in [3.63, 3.8) is 0 Å². The van der Waals surface area contributed by atoms with Gasteiger partial charge >= 0.3 is 6.09 Å². The number of carbonyl (C=O) groups excluding carboxylic acids is 3. The molecule has 174 valence electrons. The number of amides is 3. The molecule has 0 radical (unpaired) electrons. The minimum absolute atomic E-state index is 0.0559. The van der Waals surface area contributed by atoms with E-state index in [0.29, 0.717) is 5.56 Å². The smallest absolute Gasteiger partial charge is 0.408 e. The second kappa shape index (κ2) is 10.0. The molecule has 0 spiro atoms. The molecule has 0 aromatic heterocycles. The third kappa shape index (κ3) is 8.11. The average molecular weight is 436 g/mol. The molecule has 0 heterocycles. The fourth-order valence-corrected chi connectivity index (χ4v) is 3.04. The highest BCUT2D eigenvalue weighted by Gasteiger charge is 2.40. The van der Waals surface area contributed by atoms with E-state index in [1.165, 1.54) is 17.0 Å². The number of ether oxygens (including phenoxy) is 1. The fraction of sp³-hybridized carbons (Fsp3) is 0.609. The standard InChI is InChI=1S/C23H37N3O5/c1-14(2)24-19(28)18(16-10-12-17(27)13-11-16)26(22(4,5)6)20(29)15(3)25-21(30)31-23(7,8)9/h10-15,18,27H,1-9H3,(H,24,28)(H,25,30). The molecule has 0 fully saturated rings. The van der Waals surface area contributed by atoms with Crippen LogP contribution in [0.3, 0.4) is 0 Å². The summed E-state index contributed by atoms with van der Waals surface area (Å²) in [5.74, 6) is -0.732. The largest absolute Gasteiger partial charge is 0.508 e. The van der Waals surface area contributed by atoms with E-state index in [4.69, 9.17) is 4.74 Å². The first kappa shape index (κ1) is 26.3. The number of hydrogen-bond acceptors (Lipinski definition) is 5. The third-order valence-electron chi connectivity index (χ3n) is 4.21. The summed E-state index contributed by atoms with van der Waals surface area (Å²) in [7, 11) is 0. The Hall–Kier alpha value is -2.77. The first-order valence-corrected chi connectivity index (χ1v) is 10.4. The van der Waals surface area contributed by atoms with Gasteiger partial charge in [-0.25, -0.2) is 4.79 Å². The van der Waals surface area contributed by atoms with Gasteiger partial charge in [-0.1, -0.05) is 12.1 Å². The van der Waals surface area contributed by atoms with Gasteiger partial charge in [0.05, 0.1) is 0 Å². The number of rotatable bonds is 6. The molecule has 8 nitrogen and oxygen atoms in total. The molecule has 8 heteroatoms. The van der Waals surface area contributed by atoms with Gasteiger partial charge in [0.1, 0.15) is 23.4 Å². The monoisotopic (exact) mass is 435 g/mol. The lowest BCUT2D eigenvalue weighted by Crippen LogP contribution is -2.58. The van der Waals surface area contributed by atoms with Crippen LogP contribution >= 0.6 is 0 Å². The van der Waals surface area contributed by atoms with Crippen LogP contribution in [0.25, 0.3) is 0 Å². The van der Waals surface area contributed by atoms with E-state index in [2.05, 4.69) is 10.6 Å². The summed E-state index contributed by atoms with van der Waals surface area (Å²) in [6, 6.07) is 4.13. The molecule has 3 amide bonds. The summed E-state index contributed by atoms with van der Waals surface area (Å²) in [6.45, 7) is 15.9. The van der Waals surface area contributed by atoms with Gasteiger partial charge in [-0.05, 0) is 80.0 Å². The number of nitrogens with one attached hydrogen (secondary N) is 2. The van der Waals surface area contributed by atoms with Gasteiger partial charge in [0.25, 0.3) is 0 Å². The Bertz CT molecular complexity index is 776. The number of benzene rings is 1. The van der Waals surface area contributed by atoms with Gasteiger partial charge in [0, 0.05) is 11.6 Å². The van der Waals surface area contributed by atoms with Crippen molar-refractivity contribution in [1.29, 1.82) is 0 Å². The van der Waals surface area contributed by atoms with Crippen molar-refractivity contribution < 1.29 is 24.2 Å². The predicted molar refractivity (Wildman–Crippen MR) is 120 cm³/mol. The van der Waals surface area contributed by atoms with E-state index in [1.807, 2.05) is 34.6 Å². The summed E-state index contributed by atoms with van der Waals surface area (Å²) in [6.07, 6.45) is -0.713. The Morgan fingerprint density at radius 3 is 1.87 bits per heavy atom. The Labute approximate surface area is 185 Å². The minimum atomic E-state index is -0.960. The SMILES string of the molecule is CC(C)NC(=O)C(c1ccc(O)cc1)N(C(=O)C(C)NC(=O)OC(C)(C)C)C(C)(C)C. The zero-order valence-electron chi connectivity index (χ0n) is 20.1. The van der Waals surface area contributed by atoms with Crippen molar-refractivity contribution in [2.24, 2.45) is 0 Å². The number of nitrogens with zero attached hydrogens (tertiary/aromatic N) is 1. The van der Waals surface area contributed by atoms with Crippen LogP contribution in [0.1, 0.15) is 73.9 Å². The Kier molecular flexibility index (Phi) is 8.49. The van der Waals surface area contributed by atoms with E-state index in [1.54, 1.807) is 39.8 Å². The molecule has 0 aliphatic carbocycles. The zero-order chi connectivity index (χ0) is 24.1. The second-order valence-electron chi connectivity index (χ2n) is 9.90. The second-order valence-corrected chi connectivity index (χ2v) is 9.90. The van der Waals surface area contributed by atoms with Gasteiger partial charge < -0.3 is 25.4 Å². The molecule has 0 aliphatic heterocycles. The quantitative estimate of drug-likeness (QED) is 0.634. The maximum absolute atomic E-state index is 13.5. The molecule has 31 heavy (non-hydrogen) atoms. The van der Waals surface area contributed by atoms with Crippen LogP contribution in [0.4, 0.5) is 4.79 Å². The van der Waals surface area contributed by atoms with Crippen molar-refractivity contribution >= 4 is 17.9 Å². The number of hydrogen-bond donors (Lipinski definition) is 3. The number of alkyl carbamates (subject to hydrolysis) is 1. The van der Waals surface area contributed by atoms with E-state index >= 15 is 0 Å². The van der Waals surface area contributed by atoms with E-state index in [9.17, 15) is 19.5 Å². The Morgan fingerprint density at radius 2 is 1.45 bits per heavy atom. The highest BCUT2D eigenvalue weighted by Crippen LogP contribution is 2.31. The number of carbonyl (C=O) groups is 3. The zero-order valence-corrected chi connectivity index (χ0v) is 20.1. The molecule has 1 aromatic rings. The Morgan fingerprint density at radius 1 is 0.935 bits per heavy atom. The van der Waals surface area contributed by atoms with Gasteiger partial charge in [-0.2, -0.15) is 0 Å². The van der Waals surface area contributed by atoms with Gasteiger partial charge in [-0.3, -0.25) is 9.59 Å². The summed E-state index contributed by atoms with van der Waals surface area (Å²) < 4.78 is 5.25. The van der Waals surface area contributed by atoms with Gasteiger partial charge in [-0.15, -0.1) is 0 Å². The lowest BCUT2D eigenvalue weighted by molar-refractivity contribution is -0.148. The number of aromatic hydroxyl groups is 1. The van der Waals surface area contributed by atoms with E-state index in [0.717, 1.165) is 0 Å². The molecule has 2 unspecified atom stereocenters. The summed E-state index contributed by atoms with van der Waals surface area (Å²) in [5.41, 5.74) is -0.913. The summed E-state index contributed by atoms with van der Waals surface area (Å²) in [4.78, 5) is 40.3. The number of phenols is 1. The molecular weight excluding hydrogens is 398 g/mol. The van der Waals surface area contributed by atoms with Crippen LogP contribution < -0.4 is 10.6 Å². The molecule has 0 aliphatic rings. The highest BCUT2D eigenvalue weighted by atomic mass is 16.6. The number of phenolic OH excluding ortho intramolecular Hbond substituents is 1. The van der Waals surface area contributed by atoms with Crippen LogP contribution in [0.5, 0.6) is 5.75 Å². The molecule has 0 saturated carbocycles. The predicted octanol–water partition coefficient (Wildman–Crippen LogP) is 3.50. The topological polar surface area (TPSA) is 108 Å². The fourth-order valence-electron chi connectivity index (χ4n) is 3.04. The molecule has 1 aromatic carbocycles. The van der Waals surface area contributed by atoms with Crippen molar-refractivity contribution in [3.8, 4) is 5.75 Å². The van der Waals surface area contributed by atoms with Crippen molar-refractivity contribution in [1.82, 2.24) is 15.5 Å². The normalized spacial score (nSPS) is 13.9. The maximum atomic E-state index is 13.5. The van der Waals surface area contributed by atoms with E-state index in [-0.39, 0.29) is 17.7 Å². The molecule has 3 N–H and O–H groups in total. The molecule has 2 atom stereocenters. The van der Waals surface area contributed by atoms with Crippen molar-refractivity contribution in [2.75, 3.05) is 0 Å². The third-order valence-corrected chi connectivity index (χ3v) is 4.21. The lowest BCUT2D eigenvalue weighted by Gasteiger charge is -2.42. The summed E-state index contributed by atoms with van der Waals surface area (Å²) >= 11 is 0. The average Bonchev–Trinajstić information content (AvgIpc) is 2.56. The first-order valence-electron chi connectivity index (χ1n) is 10.4. The van der Waals surface area contributed by atoms with Crippen LogP contribution in [0.15, 0.2) is 24.3 Å². The first-order chi connectivity index (χ1) is 14.0. The Balaban J connectivity index is 3.35. The van der Waals surface area contributed by atoms with Crippen LogP contribution in [0, 0.1) is 0 Å². The minimum Gasteiger partial charge on any atom is -0.508 e. The van der Waals surface area contributed by atoms with Crippen LogP contribution in [-0.4, -0.2) is 51.1 Å². The molecule has 1 rings (SSSR count). The van der Waals surface area contributed by atoms with Crippen LogP contribution in [-0.2, 0) is 14.3 Å². The van der Waals surface area contributed by atoms with Crippen LogP contribution in [0.2, 0.25) is 0 Å². The molecule has 0 saturated heterocycles. The lowest BCUT2D eigenvalue weighted by atomic mass is 9.95. The van der Waals surface area contributed by atoms with Crippen molar-refractivity contribution in [3.05, 3.63) is 29.8 Å². The van der Waals surface area contributed by atoms with Gasteiger partial charge in [0.2, 0.25) is 11.8 Å². The van der Waals surface area contributed by atoms with E-state index < -0.39 is 35.2 Å². The highest BCUT2D eigenvalue weighted by molar-refractivity contribution is 5.92.